The summed E-state index contributed by atoms with van der Waals surface area (Å²) in [5, 5.41) is 1.82. The molecule has 0 radical (unpaired) electrons. The van der Waals surface area contributed by atoms with Crippen LogP contribution in [0.25, 0.3) is 0 Å². The van der Waals surface area contributed by atoms with Gasteiger partial charge in [-0.05, 0) is 35.2 Å². The predicted molar refractivity (Wildman–Crippen MR) is 76.3 cm³/mol. The molecular weight excluding hydrogens is 285 g/mol. The molecule has 5 N–H and O–H groups in total. The molecule has 4 nitrogen and oxygen atoms in total. The maximum absolute atomic E-state index is 13.3. The van der Waals surface area contributed by atoms with E-state index in [0.29, 0.717) is 10.6 Å². The number of rotatable bonds is 4. The van der Waals surface area contributed by atoms with Gasteiger partial charge in [0.25, 0.3) is 5.91 Å². The summed E-state index contributed by atoms with van der Waals surface area (Å²) >= 11 is 2.76. The van der Waals surface area contributed by atoms with Crippen LogP contribution < -0.4 is 17.0 Å². The van der Waals surface area contributed by atoms with E-state index in [-0.39, 0.29) is 11.6 Å². The average Bonchev–Trinajstić information content (AvgIpc) is 2.87. The first kappa shape index (κ1) is 13.9. The SMILES string of the molecule is NNC(=O)c1sccc1CSc1ccc(N)c(F)c1. The van der Waals surface area contributed by atoms with Crippen LogP contribution in [0.3, 0.4) is 0 Å². The average molecular weight is 297 g/mol. The highest BCUT2D eigenvalue weighted by molar-refractivity contribution is 7.98. The number of benzene rings is 1. The number of hydrogen-bond acceptors (Lipinski definition) is 5. The number of hydrogen-bond donors (Lipinski definition) is 3. The van der Waals surface area contributed by atoms with Crippen molar-refractivity contribution in [3.05, 3.63) is 45.9 Å². The van der Waals surface area contributed by atoms with Crippen molar-refractivity contribution in [1.82, 2.24) is 5.43 Å². The van der Waals surface area contributed by atoms with Gasteiger partial charge in [-0.15, -0.1) is 23.1 Å². The molecule has 0 bridgehead atoms. The smallest absolute Gasteiger partial charge is 0.275 e. The number of halogens is 1. The van der Waals surface area contributed by atoms with Gasteiger partial charge in [-0.3, -0.25) is 10.2 Å². The maximum Gasteiger partial charge on any atom is 0.275 e. The van der Waals surface area contributed by atoms with Crippen molar-refractivity contribution in [2.45, 2.75) is 10.6 Å². The Balaban J connectivity index is 2.08. The number of amides is 1. The number of nitrogens with one attached hydrogen (secondary N) is 1. The normalized spacial score (nSPS) is 10.4. The fraction of sp³-hybridized carbons (Fsp3) is 0.0833. The number of carbonyl (C=O) groups excluding carboxylic acids is 1. The molecule has 100 valence electrons. The van der Waals surface area contributed by atoms with E-state index in [1.165, 1.54) is 35.2 Å². The molecule has 0 atom stereocenters. The van der Waals surface area contributed by atoms with Crippen LogP contribution >= 0.6 is 23.1 Å². The van der Waals surface area contributed by atoms with Crippen LogP contribution in [0, 0.1) is 5.82 Å². The van der Waals surface area contributed by atoms with E-state index in [2.05, 4.69) is 5.43 Å². The molecule has 1 aromatic carbocycles. The molecule has 0 aliphatic carbocycles. The highest BCUT2D eigenvalue weighted by Crippen LogP contribution is 2.28. The molecule has 0 fully saturated rings. The van der Waals surface area contributed by atoms with Gasteiger partial charge in [0, 0.05) is 10.6 Å². The van der Waals surface area contributed by atoms with Gasteiger partial charge in [-0.2, -0.15) is 0 Å². The first-order valence-electron chi connectivity index (χ1n) is 5.37. The Labute approximate surface area is 118 Å². The summed E-state index contributed by atoms with van der Waals surface area (Å²) in [6, 6.07) is 6.52. The van der Waals surface area contributed by atoms with Crippen molar-refractivity contribution in [2.24, 2.45) is 5.84 Å². The third-order valence-electron chi connectivity index (χ3n) is 2.45. The van der Waals surface area contributed by atoms with E-state index in [1.807, 2.05) is 11.4 Å². The second kappa shape index (κ2) is 6.05. The summed E-state index contributed by atoms with van der Waals surface area (Å²) < 4.78 is 13.3. The first-order valence-corrected chi connectivity index (χ1v) is 7.23. The lowest BCUT2D eigenvalue weighted by atomic mass is 10.3. The molecular formula is C12H12FN3OS2. The Morgan fingerprint density at radius 3 is 2.89 bits per heavy atom. The molecule has 0 unspecified atom stereocenters. The van der Waals surface area contributed by atoms with Crippen molar-refractivity contribution >= 4 is 34.7 Å². The van der Waals surface area contributed by atoms with Crippen LogP contribution in [-0.2, 0) is 5.75 Å². The van der Waals surface area contributed by atoms with Gasteiger partial charge < -0.3 is 5.73 Å². The topological polar surface area (TPSA) is 81.1 Å². The molecule has 1 amide bonds. The molecule has 7 heteroatoms. The highest BCUT2D eigenvalue weighted by atomic mass is 32.2. The minimum atomic E-state index is -0.435. The Morgan fingerprint density at radius 1 is 1.42 bits per heavy atom. The van der Waals surface area contributed by atoms with Crippen LogP contribution in [0.2, 0.25) is 0 Å². The van der Waals surface area contributed by atoms with E-state index in [0.717, 1.165) is 10.5 Å². The van der Waals surface area contributed by atoms with Crippen LogP contribution in [0.5, 0.6) is 0 Å². The fourth-order valence-electron chi connectivity index (χ4n) is 1.47. The molecule has 1 heterocycles. The van der Waals surface area contributed by atoms with E-state index in [4.69, 9.17) is 11.6 Å². The van der Waals surface area contributed by atoms with E-state index in [9.17, 15) is 9.18 Å². The zero-order valence-corrected chi connectivity index (χ0v) is 11.5. The van der Waals surface area contributed by atoms with Gasteiger partial charge in [0.1, 0.15) is 5.82 Å². The van der Waals surface area contributed by atoms with Gasteiger partial charge in [0.2, 0.25) is 0 Å². The zero-order valence-electron chi connectivity index (χ0n) is 9.85. The van der Waals surface area contributed by atoms with Crippen molar-refractivity contribution in [3.8, 4) is 0 Å². The zero-order chi connectivity index (χ0) is 13.8. The number of nitrogen functional groups attached to an aromatic ring is 2. The first-order chi connectivity index (χ1) is 9.11. The molecule has 2 rings (SSSR count). The summed E-state index contributed by atoms with van der Waals surface area (Å²) in [6.07, 6.45) is 0. The molecule has 2 aromatic rings. The van der Waals surface area contributed by atoms with Crippen molar-refractivity contribution < 1.29 is 9.18 Å². The van der Waals surface area contributed by atoms with Gasteiger partial charge in [0.15, 0.2) is 0 Å². The largest absolute Gasteiger partial charge is 0.396 e. The predicted octanol–water partition coefficient (Wildman–Crippen LogP) is 2.37. The Hall–Kier alpha value is -1.57. The number of thioether (sulfide) groups is 1. The molecule has 0 spiro atoms. The molecule has 0 aliphatic heterocycles. The Bertz CT molecular complexity index is 600. The second-order valence-corrected chi connectivity index (χ2v) is 5.69. The third-order valence-corrected chi connectivity index (χ3v) is 4.45. The lowest BCUT2D eigenvalue weighted by molar-refractivity contribution is 0.0957. The van der Waals surface area contributed by atoms with Crippen molar-refractivity contribution in [2.75, 3.05) is 5.73 Å². The molecule has 0 saturated heterocycles. The van der Waals surface area contributed by atoms with Crippen molar-refractivity contribution in [3.63, 3.8) is 0 Å². The summed E-state index contributed by atoms with van der Waals surface area (Å²) in [5.41, 5.74) is 8.52. The number of anilines is 1. The van der Waals surface area contributed by atoms with Crippen LogP contribution in [0.4, 0.5) is 10.1 Å². The summed E-state index contributed by atoms with van der Waals surface area (Å²) in [7, 11) is 0. The van der Waals surface area contributed by atoms with Gasteiger partial charge in [-0.25, -0.2) is 10.2 Å². The summed E-state index contributed by atoms with van der Waals surface area (Å²) in [6.45, 7) is 0. The van der Waals surface area contributed by atoms with Crippen LogP contribution in [0.1, 0.15) is 15.2 Å². The van der Waals surface area contributed by atoms with Crippen molar-refractivity contribution in [1.29, 1.82) is 0 Å². The highest BCUT2D eigenvalue weighted by Gasteiger charge is 2.12. The number of carbonyl (C=O) groups is 1. The van der Waals surface area contributed by atoms with E-state index in [1.54, 1.807) is 6.07 Å². The molecule has 0 aliphatic rings. The summed E-state index contributed by atoms with van der Waals surface area (Å²) in [5.74, 6) is 4.93. The lowest BCUT2D eigenvalue weighted by Crippen LogP contribution is -2.29. The lowest BCUT2D eigenvalue weighted by Gasteiger charge is -2.04. The monoisotopic (exact) mass is 297 g/mol. The third kappa shape index (κ3) is 3.25. The molecule has 0 saturated carbocycles. The van der Waals surface area contributed by atoms with Gasteiger partial charge >= 0.3 is 0 Å². The second-order valence-electron chi connectivity index (χ2n) is 3.72. The Morgan fingerprint density at radius 2 is 2.21 bits per heavy atom. The summed E-state index contributed by atoms with van der Waals surface area (Å²) in [4.78, 5) is 12.8. The Kier molecular flexibility index (Phi) is 4.41. The van der Waals surface area contributed by atoms with E-state index < -0.39 is 5.82 Å². The van der Waals surface area contributed by atoms with Crippen LogP contribution in [-0.4, -0.2) is 5.91 Å². The fourth-order valence-corrected chi connectivity index (χ4v) is 3.30. The molecule has 19 heavy (non-hydrogen) atoms. The quantitative estimate of drug-likeness (QED) is 0.266. The minimum Gasteiger partial charge on any atom is -0.396 e. The van der Waals surface area contributed by atoms with Gasteiger partial charge in [0.05, 0.1) is 10.6 Å². The van der Waals surface area contributed by atoms with Crippen LogP contribution in [0.15, 0.2) is 34.5 Å². The number of hydrazine groups is 1. The number of nitrogens with two attached hydrogens (primary N) is 2. The maximum atomic E-state index is 13.3. The number of thiophene rings is 1. The standard InChI is InChI=1S/C12H12FN3OS2/c13-9-5-8(1-2-10(9)14)19-6-7-3-4-18-11(7)12(17)16-15/h1-5H,6,14-15H2,(H,16,17). The molecule has 1 aromatic heterocycles. The minimum absolute atomic E-state index is 0.128. The van der Waals surface area contributed by atoms with Gasteiger partial charge in [-0.1, -0.05) is 0 Å². The van der Waals surface area contributed by atoms with E-state index >= 15 is 0 Å².